The highest BCUT2D eigenvalue weighted by Gasteiger charge is 2.25. The molecule has 1 saturated heterocycles. The van der Waals surface area contributed by atoms with Crippen molar-refractivity contribution in [3.05, 3.63) is 63.7 Å². The molecule has 1 fully saturated rings. The molecule has 27 heavy (non-hydrogen) atoms. The van der Waals surface area contributed by atoms with E-state index < -0.39 is 4.92 Å². The number of nitro benzene ring substituents is 1. The van der Waals surface area contributed by atoms with Gasteiger partial charge in [0.2, 0.25) is 0 Å². The van der Waals surface area contributed by atoms with Crippen molar-refractivity contribution in [2.45, 2.75) is 6.92 Å². The fourth-order valence-corrected chi connectivity index (χ4v) is 4.34. The van der Waals surface area contributed by atoms with E-state index in [1.165, 1.54) is 16.8 Å². The van der Waals surface area contributed by atoms with Crippen LogP contribution >= 0.6 is 11.3 Å². The van der Waals surface area contributed by atoms with Crippen LogP contribution in [0.2, 0.25) is 0 Å². The number of carbonyl (C=O) groups is 1. The van der Waals surface area contributed by atoms with Crippen LogP contribution in [0.4, 0.5) is 10.8 Å². The van der Waals surface area contributed by atoms with Crippen LogP contribution in [0.1, 0.15) is 15.9 Å². The number of benzene rings is 2. The number of nitrogens with zero attached hydrogens (tertiary/aromatic N) is 4. The SMILES string of the molecule is Cc1cccc2sc(N3CCN(C(=O)c4cccc([N+](=O)[O-])c4)CC3)nc12. The number of anilines is 1. The maximum atomic E-state index is 12.7. The molecule has 1 aliphatic heterocycles. The average molecular weight is 382 g/mol. The molecular weight excluding hydrogens is 364 g/mol. The Labute approximate surface area is 160 Å². The van der Waals surface area contributed by atoms with Crippen LogP contribution in [0.25, 0.3) is 10.2 Å². The third kappa shape index (κ3) is 3.35. The first-order valence-corrected chi connectivity index (χ1v) is 9.49. The molecule has 2 heterocycles. The Balaban J connectivity index is 1.46. The number of hydrogen-bond acceptors (Lipinski definition) is 6. The molecule has 0 N–H and O–H groups in total. The lowest BCUT2D eigenvalue weighted by molar-refractivity contribution is -0.384. The van der Waals surface area contributed by atoms with Gasteiger partial charge in [-0.3, -0.25) is 14.9 Å². The summed E-state index contributed by atoms with van der Waals surface area (Å²) in [5, 5.41) is 11.9. The van der Waals surface area contributed by atoms with Gasteiger partial charge in [0.25, 0.3) is 11.6 Å². The molecule has 0 saturated carbocycles. The van der Waals surface area contributed by atoms with Crippen molar-refractivity contribution >= 4 is 38.3 Å². The quantitative estimate of drug-likeness (QED) is 0.512. The van der Waals surface area contributed by atoms with Crippen LogP contribution in [-0.4, -0.2) is 46.9 Å². The minimum absolute atomic E-state index is 0.0654. The van der Waals surface area contributed by atoms with Crippen molar-refractivity contribution < 1.29 is 9.72 Å². The molecule has 8 heteroatoms. The van der Waals surface area contributed by atoms with Gasteiger partial charge in [-0.1, -0.05) is 29.5 Å². The van der Waals surface area contributed by atoms with Crippen LogP contribution in [-0.2, 0) is 0 Å². The summed E-state index contributed by atoms with van der Waals surface area (Å²) < 4.78 is 1.17. The number of aryl methyl sites for hydroxylation is 1. The molecule has 7 nitrogen and oxygen atoms in total. The second-order valence-corrected chi connectivity index (χ2v) is 7.51. The fraction of sp³-hybridized carbons (Fsp3) is 0.263. The van der Waals surface area contributed by atoms with E-state index in [-0.39, 0.29) is 11.6 Å². The molecule has 0 atom stereocenters. The normalized spacial score (nSPS) is 14.6. The summed E-state index contributed by atoms with van der Waals surface area (Å²) in [4.78, 5) is 31.8. The van der Waals surface area contributed by atoms with Crippen LogP contribution in [0.5, 0.6) is 0 Å². The summed E-state index contributed by atoms with van der Waals surface area (Å²) >= 11 is 1.67. The number of rotatable bonds is 3. The Morgan fingerprint density at radius 3 is 2.59 bits per heavy atom. The minimum atomic E-state index is -0.482. The molecule has 0 bridgehead atoms. The topological polar surface area (TPSA) is 79.6 Å². The van der Waals surface area contributed by atoms with E-state index >= 15 is 0 Å². The number of para-hydroxylation sites is 1. The van der Waals surface area contributed by atoms with E-state index in [9.17, 15) is 14.9 Å². The molecule has 1 amide bonds. The lowest BCUT2D eigenvalue weighted by atomic mass is 10.1. The minimum Gasteiger partial charge on any atom is -0.345 e. The van der Waals surface area contributed by atoms with Crippen LogP contribution in [0, 0.1) is 17.0 Å². The van der Waals surface area contributed by atoms with Crippen molar-refractivity contribution in [1.29, 1.82) is 0 Å². The molecule has 3 aromatic rings. The zero-order valence-corrected chi connectivity index (χ0v) is 15.6. The largest absolute Gasteiger partial charge is 0.345 e. The van der Waals surface area contributed by atoms with Crippen molar-refractivity contribution in [3.8, 4) is 0 Å². The van der Waals surface area contributed by atoms with Crippen LogP contribution < -0.4 is 4.90 Å². The van der Waals surface area contributed by atoms with E-state index in [0.717, 1.165) is 16.2 Å². The Kier molecular flexibility index (Phi) is 4.49. The lowest BCUT2D eigenvalue weighted by Gasteiger charge is -2.34. The number of piperazine rings is 1. The molecule has 1 aromatic heterocycles. The van der Waals surface area contributed by atoms with Gasteiger partial charge in [0.15, 0.2) is 5.13 Å². The third-order valence-corrected chi connectivity index (χ3v) is 5.83. The molecule has 4 rings (SSSR count). The number of hydrogen-bond donors (Lipinski definition) is 0. The lowest BCUT2D eigenvalue weighted by Crippen LogP contribution is -2.48. The predicted molar refractivity (Wildman–Crippen MR) is 106 cm³/mol. The maximum Gasteiger partial charge on any atom is 0.270 e. The van der Waals surface area contributed by atoms with E-state index in [1.807, 2.05) is 6.07 Å². The summed E-state index contributed by atoms with van der Waals surface area (Å²) in [7, 11) is 0. The summed E-state index contributed by atoms with van der Waals surface area (Å²) in [5.41, 5.74) is 2.49. The monoisotopic (exact) mass is 382 g/mol. The number of non-ortho nitro benzene ring substituents is 1. The zero-order valence-electron chi connectivity index (χ0n) is 14.8. The van der Waals surface area contributed by atoms with Crippen molar-refractivity contribution in [2.75, 3.05) is 31.1 Å². The standard InChI is InChI=1S/C19H18N4O3S/c1-13-4-2-7-16-17(13)20-19(27-16)22-10-8-21(9-11-22)18(24)14-5-3-6-15(12-14)23(25)26/h2-7,12H,8-11H2,1H3. The first-order valence-electron chi connectivity index (χ1n) is 8.68. The molecule has 1 aliphatic rings. The number of amides is 1. The van der Waals surface area contributed by atoms with E-state index in [4.69, 9.17) is 4.98 Å². The summed E-state index contributed by atoms with van der Waals surface area (Å²) in [6.07, 6.45) is 0. The third-order valence-electron chi connectivity index (χ3n) is 4.75. The van der Waals surface area contributed by atoms with Gasteiger partial charge in [-0.15, -0.1) is 0 Å². The number of thiazole rings is 1. The Morgan fingerprint density at radius 1 is 1.15 bits per heavy atom. The Morgan fingerprint density at radius 2 is 1.89 bits per heavy atom. The number of fused-ring (bicyclic) bond motifs is 1. The first kappa shape index (κ1) is 17.4. The predicted octanol–water partition coefficient (Wildman–Crippen LogP) is 3.48. The van der Waals surface area contributed by atoms with Gasteiger partial charge in [0, 0.05) is 43.9 Å². The maximum absolute atomic E-state index is 12.7. The van der Waals surface area contributed by atoms with Gasteiger partial charge in [0.05, 0.1) is 15.1 Å². The highest BCUT2D eigenvalue weighted by atomic mass is 32.1. The summed E-state index contributed by atoms with van der Waals surface area (Å²) in [6.45, 7) is 4.58. The van der Waals surface area contributed by atoms with Crippen LogP contribution in [0.15, 0.2) is 42.5 Å². The molecule has 2 aromatic carbocycles. The molecule has 0 aliphatic carbocycles. The van der Waals surface area contributed by atoms with E-state index in [2.05, 4.69) is 24.0 Å². The van der Waals surface area contributed by atoms with Gasteiger partial charge in [0.1, 0.15) is 0 Å². The van der Waals surface area contributed by atoms with Gasteiger partial charge < -0.3 is 9.80 Å². The number of nitro groups is 1. The van der Waals surface area contributed by atoms with Crippen molar-refractivity contribution in [2.24, 2.45) is 0 Å². The second-order valence-electron chi connectivity index (χ2n) is 6.50. The fourth-order valence-electron chi connectivity index (χ4n) is 3.25. The Bertz CT molecular complexity index is 1020. The van der Waals surface area contributed by atoms with Gasteiger partial charge in [-0.25, -0.2) is 4.98 Å². The number of carbonyl (C=O) groups excluding carboxylic acids is 1. The van der Waals surface area contributed by atoms with E-state index in [0.29, 0.717) is 31.7 Å². The van der Waals surface area contributed by atoms with Gasteiger partial charge >= 0.3 is 0 Å². The molecule has 0 unspecified atom stereocenters. The number of aromatic nitrogens is 1. The molecule has 0 spiro atoms. The molecule has 0 radical (unpaired) electrons. The highest BCUT2D eigenvalue weighted by molar-refractivity contribution is 7.22. The summed E-state index contributed by atoms with van der Waals surface area (Å²) in [6, 6.07) is 12.1. The van der Waals surface area contributed by atoms with Crippen molar-refractivity contribution in [1.82, 2.24) is 9.88 Å². The van der Waals surface area contributed by atoms with E-state index in [1.54, 1.807) is 28.4 Å². The summed E-state index contributed by atoms with van der Waals surface area (Å²) in [5.74, 6) is -0.168. The van der Waals surface area contributed by atoms with Gasteiger partial charge in [-0.05, 0) is 24.6 Å². The smallest absolute Gasteiger partial charge is 0.270 e. The van der Waals surface area contributed by atoms with Crippen LogP contribution in [0.3, 0.4) is 0 Å². The molecule has 138 valence electrons. The highest BCUT2D eigenvalue weighted by Crippen LogP contribution is 2.31. The Hall–Kier alpha value is -3.00. The van der Waals surface area contributed by atoms with Crippen molar-refractivity contribution in [3.63, 3.8) is 0 Å². The first-order chi connectivity index (χ1) is 13.0. The van der Waals surface area contributed by atoms with Gasteiger partial charge in [-0.2, -0.15) is 0 Å². The average Bonchev–Trinajstić information content (AvgIpc) is 3.13. The zero-order chi connectivity index (χ0) is 19.0. The second kappa shape index (κ2) is 6.96. The molecular formula is C19H18N4O3S.